The molecule has 0 bridgehead atoms. The fourth-order valence-electron chi connectivity index (χ4n) is 3.35. The van der Waals surface area contributed by atoms with Gasteiger partial charge in [0.05, 0.1) is 0 Å². The Labute approximate surface area is 161 Å². The summed E-state index contributed by atoms with van der Waals surface area (Å²) in [5, 5.41) is 6.28. The van der Waals surface area contributed by atoms with Crippen molar-refractivity contribution in [3.63, 3.8) is 0 Å². The standard InChI is InChI=1S/C22H28N4O/c1-16-7-6-10-19(13-16)15-24-22(27)20-14-21(26-17(2)25-20)23-12-11-18-8-4-3-5-9-18/h6-8,10,13-14H,3-5,9,11-12,15H2,1-2H3,(H,24,27)(H,23,25,26). The van der Waals surface area contributed by atoms with Crippen LogP contribution >= 0.6 is 0 Å². The van der Waals surface area contributed by atoms with Gasteiger partial charge in [-0.25, -0.2) is 9.97 Å². The molecule has 1 heterocycles. The van der Waals surface area contributed by atoms with Gasteiger partial charge in [-0.15, -0.1) is 0 Å². The molecule has 0 aliphatic heterocycles. The van der Waals surface area contributed by atoms with Crippen LogP contribution in [0.3, 0.4) is 0 Å². The molecule has 3 rings (SSSR count). The molecule has 2 N–H and O–H groups in total. The highest BCUT2D eigenvalue weighted by molar-refractivity contribution is 5.92. The third-order valence-electron chi connectivity index (χ3n) is 4.74. The quantitative estimate of drug-likeness (QED) is 0.718. The number of allylic oxidation sites excluding steroid dienone is 1. The molecule has 1 aromatic heterocycles. The number of nitrogens with one attached hydrogen (secondary N) is 2. The van der Waals surface area contributed by atoms with Crippen LogP contribution in [-0.2, 0) is 6.54 Å². The molecule has 5 nitrogen and oxygen atoms in total. The Balaban J connectivity index is 1.56. The summed E-state index contributed by atoms with van der Waals surface area (Å²) in [6.45, 7) is 5.17. The molecule has 1 aliphatic rings. The van der Waals surface area contributed by atoms with E-state index in [1.807, 2.05) is 32.0 Å². The molecular formula is C22H28N4O. The Morgan fingerprint density at radius 1 is 1.15 bits per heavy atom. The summed E-state index contributed by atoms with van der Waals surface area (Å²) in [7, 11) is 0. The van der Waals surface area contributed by atoms with Crippen LogP contribution in [0.15, 0.2) is 42.0 Å². The molecule has 2 aromatic rings. The number of anilines is 1. The molecule has 0 unspecified atom stereocenters. The van der Waals surface area contributed by atoms with Crippen molar-refractivity contribution in [2.24, 2.45) is 0 Å². The van der Waals surface area contributed by atoms with Crippen molar-refractivity contribution in [3.05, 3.63) is 64.6 Å². The predicted molar refractivity (Wildman–Crippen MR) is 109 cm³/mol. The zero-order chi connectivity index (χ0) is 19.1. The van der Waals surface area contributed by atoms with Crippen molar-refractivity contribution in [1.82, 2.24) is 15.3 Å². The van der Waals surface area contributed by atoms with Gasteiger partial charge in [0.2, 0.25) is 0 Å². The summed E-state index contributed by atoms with van der Waals surface area (Å²) in [5.41, 5.74) is 4.18. The van der Waals surface area contributed by atoms with Crippen LogP contribution in [0.2, 0.25) is 0 Å². The Morgan fingerprint density at radius 2 is 2.04 bits per heavy atom. The van der Waals surface area contributed by atoms with Crippen LogP contribution in [0.25, 0.3) is 0 Å². The van der Waals surface area contributed by atoms with Gasteiger partial charge in [0.1, 0.15) is 17.3 Å². The number of nitrogens with zero attached hydrogens (tertiary/aromatic N) is 2. The molecule has 0 saturated heterocycles. The lowest BCUT2D eigenvalue weighted by Crippen LogP contribution is -2.24. The summed E-state index contributed by atoms with van der Waals surface area (Å²) >= 11 is 0. The van der Waals surface area contributed by atoms with Gasteiger partial charge in [-0.05, 0) is 51.5 Å². The first-order valence-corrected chi connectivity index (χ1v) is 9.71. The van der Waals surface area contributed by atoms with Crippen LogP contribution in [0.5, 0.6) is 0 Å². The monoisotopic (exact) mass is 364 g/mol. The van der Waals surface area contributed by atoms with E-state index >= 15 is 0 Å². The molecule has 0 spiro atoms. The van der Waals surface area contributed by atoms with Crippen LogP contribution in [0.4, 0.5) is 5.82 Å². The molecule has 0 fully saturated rings. The first-order valence-electron chi connectivity index (χ1n) is 9.71. The largest absolute Gasteiger partial charge is 0.370 e. The average molecular weight is 364 g/mol. The Morgan fingerprint density at radius 3 is 2.81 bits per heavy atom. The van der Waals surface area contributed by atoms with E-state index in [1.54, 1.807) is 6.07 Å². The Hall–Kier alpha value is -2.69. The van der Waals surface area contributed by atoms with Gasteiger partial charge in [0, 0.05) is 19.2 Å². The lowest BCUT2D eigenvalue weighted by atomic mass is 9.97. The maximum absolute atomic E-state index is 12.5. The van der Waals surface area contributed by atoms with Crippen LogP contribution in [0, 0.1) is 13.8 Å². The fraction of sp³-hybridized carbons (Fsp3) is 0.409. The van der Waals surface area contributed by atoms with Crippen molar-refractivity contribution in [2.75, 3.05) is 11.9 Å². The molecule has 142 valence electrons. The molecule has 27 heavy (non-hydrogen) atoms. The van der Waals surface area contributed by atoms with Crippen molar-refractivity contribution in [3.8, 4) is 0 Å². The highest BCUT2D eigenvalue weighted by Gasteiger charge is 2.11. The van der Waals surface area contributed by atoms with Gasteiger partial charge in [-0.2, -0.15) is 0 Å². The molecule has 1 aromatic carbocycles. The first-order chi connectivity index (χ1) is 13.1. The predicted octanol–water partition coefficient (Wildman–Crippen LogP) is 4.33. The van der Waals surface area contributed by atoms with E-state index in [2.05, 4.69) is 32.7 Å². The first kappa shape index (κ1) is 19.1. The van der Waals surface area contributed by atoms with Gasteiger partial charge in [0.25, 0.3) is 5.91 Å². The fourth-order valence-corrected chi connectivity index (χ4v) is 3.35. The highest BCUT2D eigenvalue weighted by atomic mass is 16.1. The van der Waals surface area contributed by atoms with Gasteiger partial charge < -0.3 is 10.6 Å². The third kappa shape index (κ3) is 5.91. The van der Waals surface area contributed by atoms with E-state index in [-0.39, 0.29) is 5.91 Å². The number of carbonyl (C=O) groups is 1. The molecule has 0 radical (unpaired) electrons. The van der Waals surface area contributed by atoms with Gasteiger partial charge in [-0.1, -0.05) is 41.5 Å². The van der Waals surface area contributed by atoms with E-state index in [0.29, 0.717) is 23.9 Å². The van der Waals surface area contributed by atoms with Crippen LogP contribution < -0.4 is 10.6 Å². The molecule has 1 amide bonds. The smallest absolute Gasteiger partial charge is 0.270 e. The number of rotatable bonds is 7. The number of aryl methyl sites for hydroxylation is 2. The lowest BCUT2D eigenvalue weighted by molar-refractivity contribution is 0.0945. The molecule has 1 aliphatic carbocycles. The number of carbonyl (C=O) groups excluding carboxylic acids is 1. The summed E-state index contributed by atoms with van der Waals surface area (Å²) in [4.78, 5) is 21.2. The SMILES string of the molecule is Cc1cccc(CNC(=O)c2cc(NCCC3=CCCCC3)nc(C)n2)c1. The minimum atomic E-state index is -0.181. The molecular weight excluding hydrogens is 336 g/mol. The average Bonchev–Trinajstić information content (AvgIpc) is 2.66. The van der Waals surface area contributed by atoms with Crippen LogP contribution in [0.1, 0.15) is 59.5 Å². The van der Waals surface area contributed by atoms with E-state index in [1.165, 1.54) is 36.8 Å². The zero-order valence-electron chi connectivity index (χ0n) is 16.2. The minimum Gasteiger partial charge on any atom is -0.370 e. The van der Waals surface area contributed by atoms with Gasteiger partial charge >= 0.3 is 0 Å². The number of hydrogen-bond donors (Lipinski definition) is 2. The maximum Gasteiger partial charge on any atom is 0.270 e. The zero-order valence-corrected chi connectivity index (χ0v) is 16.2. The van der Waals surface area contributed by atoms with E-state index in [9.17, 15) is 4.79 Å². The third-order valence-corrected chi connectivity index (χ3v) is 4.74. The van der Waals surface area contributed by atoms with Crippen molar-refractivity contribution in [2.45, 2.75) is 52.5 Å². The summed E-state index contributed by atoms with van der Waals surface area (Å²) < 4.78 is 0. The van der Waals surface area contributed by atoms with E-state index in [0.717, 1.165) is 18.5 Å². The lowest BCUT2D eigenvalue weighted by Gasteiger charge is -2.13. The second kappa shape index (κ2) is 9.31. The summed E-state index contributed by atoms with van der Waals surface area (Å²) in [5.74, 6) is 1.12. The minimum absolute atomic E-state index is 0.181. The van der Waals surface area contributed by atoms with Crippen molar-refractivity contribution in [1.29, 1.82) is 0 Å². The Bertz CT molecular complexity index is 829. The molecule has 0 atom stereocenters. The molecule has 5 heteroatoms. The summed E-state index contributed by atoms with van der Waals surface area (Å²) in [6, 6.07) is 9.84. The van der Waals surface area contributed by atoms with Crippen molar-refractivity contribution < 1.29 is 4.79 Å². The number of amides is 1. The second-order valence-corrected chi connectivity index (χ2v) is 7.14. The van der Waals surface area contributed by atoms with Crippen LogP contribution in [-0.4, -0.2) is 22.4 Å². The highest BCUT2D eigenvalue weighted by Crippen LogP contribution is 2.20. The number of aromatic nitrogens is 2. The van der Waals surface area contributed by atoms with Crippen molar-refractivity contribution >= 4 is 11.7 Å². The number of benzene rings is 1. The van der Waals surface area contributed by atoms with Gasteiger partial charge in [0.15, 0.2) is 0 Å². The summed E-state index contributed by atoms with van der Waals surface area (Å²) in [6.07, 6.45) is 8.40. The maximum atomic E-state index is 12.5. The van der Waals surface area contributed by atoms with Gasteiger partial charge in [-0.3, -0.25) is 4.79 Å². The number of hydrogen-bond acceptors (Lipinski definition) is 4. The van der Waals surface area contributed by atoms with E-state index in [4.69, 9.17) is 0 Å². The van der Waals surface area contributed by atoms with E-state index < -0.39 is 0 Å². The second-order valence-electron chi connectivity index (χ2n) is 7.14. The topological polar surface area (TPSA) is 66.9 Å². The molecule has 0 saturated carbocycles. The Kier molecular flexibility index (Phi) is 6.58. The normalized spacial score (nSPS) is 13.8.